The Morgan fingerprint density at radius 1 is 1.24 bits per heavy atom. The summed E-state index contributed by atoms with van der Waals surface area (Å²) in [5, 5.41) is 12.2. The predicted molar refractivity (Wildman–Crippen MR) is 86.3 cm³/mol. The second-order valence-corrected chi connectivity index (χ2v) is 6.77. The molecule has 3 rings (SSSR count). The zero-order valence-corrected chi connectivity index (χ0v) is 13.2. The Labute approximate surface area is 127 Å². The molecule has 0 aliphatic heterocycles. The molecule has 1 N–H and O–H groups in total. The number of aliphatic hydroxyl groups is 1. The van der Waals surface area contributed by atoms with Crippen molar-refractivity contribution >= 4 is 11.0 Å². The largest absolute Gasteiger partial charge is 0.458 e. The van der Waals surface area contributed by atoms with Crippen molar-refractivity contribution in [1.82, 2.24) is 0 Å². The van der Waals surface area contributed by atoms with Crippen LogP contribution >= 0.6 is 0 Å². The minimum Gasteiger partial charge on any atom is -0.458 e. The van der Waals surface area contributed by atoms with Crippen LogP contribution in [0.2, 0.25) is 0 Å². The number of rotatable bonds is 3. The topological polar surface area (TPSA) is 33.4 Å². The first kappa shape index (κ1) is 14.6. The lowest BCUT2D eigenvalue weighted by molar-refractivity contribution is 0.000103. The highest BCUT2D eigenvalue weighted by molar-refractivity contribution is 5.78. The highest BCUT2D eigenvalue weighted by atomic mass is 16.4. The molecule has 2 nitrogen and oxygen atoms in total. The van der Waals surface area contributed by atoms with E-state index in [1.165, 1.54) is 24.8 Å². The number of hydrogen-bond donors (Lipinski definition) is 1. The second kappa shape index (κ2) is 5.84. The summed E-state index contributed by atoms with van der Waals surface area (Å²) in [6.45, 7) is 4.33. The van der Waals surface area contributed by atoms with Crippen LogP contribution in [0.25, 0.3) is 11.0 Å². The molecule has 21 heavy (non-hydrogen) atoms. The van der Waals surface area contributed by atoms with Crippen molar-refractivity contribution in [3.05, 3.63) is 35.6 Å². The number of benzene rings is 1. The summed E-state index contributed by atoms with van der Waals surface area (Å²) in [5.41, 5.74) is 1.35. The maximum atomic E-state index is 11.1. The van der Waals surface area contributed by atoms with E-state index < -0.39 is 5.60 Å². The Morgan fingerprint density at radius 3 is 2.90 bits per heavy atom. The molecule has 0 spiro atoms. The molecule has 1 saturated carbocycles. The summed E-state index contributed by atoms with van der Waals surface area (Å²) in [4.78, 5) is 0. The fourth-order valence-corrected chi connectivity index (χ4v) is 3.73. The molecule has 1 aromatic heterocycles. The zero-order chi connectivity index (χ0) is 14.9. The molecule has 2 unspecified atom stereocenters. The van der Waals surface area contributed by atoms with Gasteiger partial charge in [0, 0.05) is 5.39 Å². The zero-order valence-electron chi connectivity index (χ0n) is 13.2. The van der Waals surface area contributed by atoms with Crippen LogP contribution in [0.1, 0.15) is 63.2 Å². The molecule has 1 aromatic carbocycles. The summed E-state index contributed by atoms with van der Waals surface area (Å²) in [5.74, 6) is 1.54. The lowest BCUT2D eigenvalue weighted by Crippen LogP contribution is -2.24. The molecule has 114 valence electrons. The SMILES string of the molecule is CCCC1CCCC(O)(c2cc3cc(C)ccc3o2)CC1. The van der Waals surface area contributed by atoms with Gasteiger partial charge in [0.15, 0.2) is 0 Å². The van der Waals surface area contributed by atoms with Crippen LogP contribution < -0.4 is 0 Å². The fraction of sp³-hybridized carbons (Fsp3) is 0.579. The maximum Gasteiger partial charge on any atom is 0.136 e. The Bertz CT molecular complexity index is 613. The van der Waals surface area contributed by atoms with Crippen molar-refractivity contribution in [3.63, 3.8) is 0 Å². The van der Waals surface area contributed by atoms with Crippen molar-refractivity contribution in [2.24, 2.45) is 5.92 Å². The third-order valence-corrected chi connectivity index (χ3v) is 5.00. The number of furan rings is 1. The van der Waals surface area contributed by atoms with Gasteiger partial charge in [-0.3, -0.25) is 0 Å². The average molecular weight is 286 g/mol. The monoisotopic (exact) mass is 286 g/mol. The number of aryl methyl sites for hydroxylation is 1. The average Bonchev–Trinajstić information content (AvgIpc) is 2.79. The predicted octanol–water partition coefficient (Wildman–Crippen LogP) is 5.31. The van der Waals surface area contributed by atoms with E-state index in [0.29, 0.717) is 0 Å². The van der Waals surface area contributed by atoms with Gasteiger partial charge in [0.25, 0.3) is 0 Å². The highest BCUT2D eigenvalue weighted by Gasteiger charge is 2.35. The van der Waals surface area contributed by atoms with Crippen molar-refractivity contribution in [2.45, 2.75) is 64.4 Å². The molecule has 2 aromatic rings. The molecule has 1 aliphatic rings. The second-order valence-electron chi connectivity index (χ2n) is 6.77. The quantitative estimate of drug-likeness (QED) is 0.776. The van der Waals surface area contributed by atoms with E-state index in [4.69, 9.17) is 4.42 Å². The van der Waals surface area contributed by atoms with Crippen LogP contribution in [-0.2, 0) is 5.60 Å². The van der Waals surface area contributed by atoms with E-state index >= 15 is 0 Å². The van der Waals surface area contributed by atoms with Gasteiger partial charge in [-0.05, 0) is 56.7 Å². The summed E-state index contributed by atoms with van der Waals surface area (Å²) in [6, 6.07) is 8.24. The number of hydrogen-bond acceptors (Lipinski definition) is 2. The van der Waals surface area contributed by atoms with Crippen LogP contribution in [0.15, 0.2) is 28.7 Å². The summed E-state index contributed by atoms with van der Waals surface area (Å²) < 4.78 is 5.97. The van der Waals surface area contributed by atoms with E-state index in [0.717, 1.165) is 48.3 Å². The van der Waals surface area contributed by atoms with Gasteiger partial charge < -0.3 is 9.52 Å². The van der Waals surface area contributed by atoms with Gasteiger partial charge in [-0.2, -0.15) is 0 Å². The minimum absolute atomic E-state index is 0.764. The molecular formula is C19H26O2. The summed E-state index contributed by atoms with van der Waals surface area (Å²) in [6.07, 6.45) is 7.64. The third kappa shape index (κ3) is 3.01. The first-order valence-electron chi connectivity index (χ1n) is 8.34. The van der Waals surface area contributed by atoms with E-state index in [1.54, 1.807) is 0 Å². The molecular weight excluding hydrogens is 260 g/mol. The molecule has 0 bridgehead atoms. The van der Waals surface area contributed by atoms with Gasteiger partial charge in [0.05, 0.1) is 0 Å². The van der Waals surface area contributed by atoms with Gasteiger partial charge in [-0.15, -0.1) is 0 Å². The lowest BCUT2D eigenvalue weighted by Gasteiger charge is -2.24. The van der Waals surface area contributed by atoms with Crippen LogP contribution in [-0.4, -0.2) is 5.11 Å². The van der Waals surface area contributed by atoms with E-state index in [-0.39, 0.29) is 0 Å². The molecule has 2 heteroatoms. The molecule has 0 saturated heterocycles. The molecule has 0 radical (unpaired) electrons. The first-order chi connectivity index (χ1) is 10.1. The normalized spacial score (nSPS) is 26.9. The standard InChI is InChI=1S/C19H26O2/c1-3-5-15-6-4-10-19(20,11-9-15)18-13-16-12-14(2)7-8-17(16)21-18/h7-8,12-13,15,20H,3-6,9-11H2,1-2H3. The minimum atomic E-state index is -0.768. The smallest absolute Gasteiger partial charge is 0.136 e. The van der Waals surface area contributed by atoms with Crippen molar-refractivity contribution in [2.75, 3.05) is 0 Å². The van der Waals surface area contributed by atoms with Crippen LogP contribution in [0.4, 0.5) is 0 Å². The Morgan fingerprint density at radius 2 is 2.10 bits per heavy atom. The number of fused-ring (bicyclic) bond motifs is 1. The summed E-state index contributed by atoms with van der Waals surface area (Å²) in [7, 11) is 0. The molecule has 1 fully saturated rings. The van der Waals surface area contributed by atoms with E-state index in [1.807, 2.05) is 12.1 Å². The Hall–Kier alpha value is -1.28. The maximum absolute atomic E-state index is 11.1. The van der Waals surface area contributed by atoms with E-state index in [2.05, 4.69) is 26.0 Å². The fourth-order valence-electron chi connectivity index (χ4n) is 3.73. The van der Waals surface area contributed by atoms with Crippen LogP contribution in [0, 0.1) is 12.8 Å². The molecule has 1 heterocycles. The highest BCUT2D eigenvalue weighted by Crippen LogP contribution is 2.40. The van der Waals surface area contributed by atoms with Gasteiger partial charge >= 0.3 is 0 Å². The molecule has 1 aliphatic carbocycles. The van der Waals surface area contributed by atoms with Crippen molar-refractivity contribution in [3.8, 4) is 0 Å². The summed E-state index contributed by atoms with van der Waals surface area (Å²) >= 11 is 0. The molecule has 2 atom stereocenters. The lowest BCUT2D eigenvalue weighted by atomic mass is 9.90. The van der Waals surface area contributed by atoms with Crippen molar-refractivity contribution < 1.29 is 9.52 Å². The Kier molecular flexibility index (Phi) is 4.08. The van der Waals surface area contributed by atoms with Crippen LogP contribution in [0.5, 0.6) is 0 Å². The first-order valence-corrected chi connectivity index (χ1v) is 8.34. The van der Waals surface area contributed by atoms with Crippen LogP contribution in [0.3, 0.4) is 0 Å². The third-order valence-electron chi connectivity index (χ3n) is 5.00. The van der Waals surface area contributed by atoms with Gasteiger partial charge in [-0.1, -0.05) is 37.8 Å². The molecule has 0 amide bonds. The van der Waals surface area contributed by atoms with Gasteiger partial charge in [0.1, 0.15) is 16.9 Å². The van der Waals surface area contributed by atoms with E-state index in [9.17, 15) is 5.11 Å². The van der Waals surface area contributed by atoms with Crippen molar-refractivity contribution in [1.29, 1.82) is 0 Å². The Balaban J connectivity index is 1.86. The van der Waals surface area contributed by atoms with Gasteiger partial charge in [0.2, 0.25) is 0 Å². The van der Waals surface area contributed by atoms with Gasteiger partial charge in [-0.25, -0.2) is 0 Å².